The Hall–Kier alpha value is -1.41. The second-order valence-corrected chi connectivity index (χ2v) is 5.87. The molecule has 21 heavy (non-hydrogen) atoms. The molecular formula is C19H27NO. The predicted molar refractivity (Wildman–Crippen MR) is 89.3 cm³/mol. The zero-order valence-corrected chi connectivity index (χ0v) is 13.1. The summed E-state index contributed by atoms with van der Waals surface area (Å²) in [5.41, 5.74) is 1.02. The number of unbranched alkanes of at least 4 members (excludes halogenated alkanes) is 6. The molecule has 0 aliphatic heterocycles. The normalized spacial score (nSPS) is 12.7. The lowest BCUT2D eigenvalue weighted by Crippen LogP contribution is -1.98. The van der Waals surface area contributed by atoms with Crippen molar-refractivity contribution in [1.82, 2.24) is 4.98 Å². The van der Waals surface area contributed by atoms with E-state index in [-0.39, 0.29) is 6.10 Å². The third-order valence-electron chi connectivity index (χ3n) is 4.16. The molecular weight excluding hydrogens is 258 g/mol. The van der Waals surface area contributed by atoms with Crippen LogP contribution in [0.15, 0.2) is 36.7 Å². The standard InChI is InChI=1S/C19H27NO/c1-2-3-4-5-6-7-8-12-19(21)17-11-9-10-16-13-14-20-15-18(16)17/h9-11,13-15,19,21H,2-8,12H2,1H3. The van der Waals surface area contributed by atoms with Crippen molar-refractivity contribution >= 4 is 10.8 Å². The van der Waals surface area contributed by atoms with E-state index in [0.29, 0.717) is 0 Å². The summed E-state index contributed by atoms with van der Waals surface area (Å²) in [5, 5.41) is 12.7. The fourth-order valence-corrected chi connectivity index (χ4v) is 2.88. The maximum absolute atomic E-state index is 10.4. The topological polar surface area (TPSA) is 33.1 Å². The molecule has 0 amide bonds. The maximum Gasteiger partial charge on any atom is 0.0796 e. The van der Waals surface area contributed by atoms with Crippen LogP contribution in [0.1, 0.15) is 70.0 Å². The van der Waals surface area contributed by atoms with Gasteiger partial charge in [0.2, 0.25) is 0 Å². The lowest BCUT2D eigenvalue weighted by molar-refractivity contribution is 0.165. The van der Waals surface area contributed by atoms with E-state index in [1.807, 2.05) is 24.4 Å². The fourth-order valence-electron chi connectivity index (χ4n) is 2.88. The van der Waals surface area contributed by atoms with Crippen molar-refractivity contribution < 1.29 is 5.11 Å². The van der Waals surface area contributed by atoms with E-state index in [0.717, 1.165) is 29.2 Å². The predicted octanol–water partition coefficient (Wildman–Crippen LogP) is 5.41. The minimum atomic E-state index is -0.367. The number of benzene rings is 1. The van der Waals surface area contributed by atoms with Gasteiger partial charge in [0.1, 0.15) is 0 Å². The van der Waals surface area contributed by atoms with Crippen LogP contribution in [0, 0.1) is 0 Å². The summed E-state index contributed by atoms with van der Waals surface area (Å²) >= 11 is 0. The molecule has 2 heteroatoms. The highest BCUT2D eigenvalue weighted by atomic mass is 16.3. The minimum Gasteiger partial charge on any atom is -0.388 e. The Labute approximate surface area is 128 Å². The van der Waals surface area contributed by atoms with Crippen molar-refractivity contribution in [1.29, 1.82) is 0 Å². The average molecular weight is 285 g/mol. The van der Waals surface area contributed by atoms with Gasteiger partial charge in [-0.1, -0.05) is 70.1 Å². The summed E-state index contributed by atoms with van der Waals surface area (Å²) in [6, 6.07) is 8.11. The quantitative estimate of drug-likeness (QED) is 0.625. The minimum absolute atomic E-state index is 0.367. The summed E-state index contributed by atoms with van der Waals surface area (Å²) in [5.74, 6) is 0. The van der Waals surface area contributed by atoms with Crippen molar-refractivity contribution in [2.75, 3.05) is 0 Å². The van der Waals surface area contributed by atoms with Gasteiger partial charge in [0.05, 0.1) is 6.10 Å². The van der Waals surface area contributed by atoms with Gasteiger partial charge < -0.3 is 5.11 Å². The van der Waals surface area contributed by atoms with E-state index < -0.39 is 0 Å². The summed E-state index contributed by atoms with van der Waals surface area (Å²) in [6.07, 6.45) is 13.1. The number of rotatable bonds is 9. The van der Waals surface area contributed by atoms with Gasteiger partial charge in [-0.15, -0.1) is 0 Å². The molecule has 1 unspecified atom stereocenters. The van der Waals surface area contributed by atoms with E-state index in [4.69, 9.17) is 0 Å². The Balaban J connectivity index is 1.81. The lowest BCUT2D eigenvalue weighted by atomic mass is 9.98. The second kappa shape index (κ2) is 8.78. The van der Waals surface area contributed by atoms with Gasteiger partial charge in [-0.3, -0.25) is 4.98 Å². The first-order chi connectivity index (χ1) is 10.3. The molecule has 1 aromatic heterocycles. The number of pyridine rings is 1. The van der Waals surface area contributed by atoms with Gasteiger partial charge >= 0.3 is 0 Å². The highest BCUT2D eigenvalue weighted by Gasteiger charge is 2.10. The van der Waals surface area contributed by atoms with E-state index in [2.05, 4.69) is 18.0 Å². The molecule has 114 valence electrons. The zero-order valence-electron chi connectivity index (χ0n) is 13.1. The van der Waals surface area contributed by atoms with Gasteiger partial charge in [0.15, 0.2) is 0 Å². The first-order valence-corrected chi connectivity index (χ1v) is 8.33. The lowest BCUT2D eigenvalue weighted by Gasteiger charge is -2.13. The zero-order chi connectivity index (χ0) is 14.9. The van der Waals surface area contributed by atoms with E-state index in [9.17, 15) is 5.11 Å². The second-order valence-electron chi connectivity index (χ2n) is 5.87. The van der Waals surface area contributed by atoms with Crippen LogP contribution in [-0.4, -0.2) is 10.1 Å². The Kier molecular flexibility index (Phi) is 6.68. The SMILES string of the molecule is CCCCCCCCCC(O)c1cccc2ccncc12. The van der Waals surface area contributed by atoms with Crippen LogP contribution in [0.3, 0.4) is 0 Å². The number of hydrogen-bond acceptors (Lipinski definition) is 2. The van der Waals surface area contributed by atoms with Crippen LogP contribution in [0.2, 0.25) is 0 Å². The third kappa shape index (κ3) is 4.82. The van der Waals surface area contributed by atoms with E-state index >= 15 is 0 Å². The summed E-state index contributed by atoms with van der Waals surface area (Å²) in [4.78, 5) is 4.18. The van der Waals surface area contributed by atoms with E-state index in [1.165, 1.54) is 38.5 Å². The third-order valence-corrected chi connectivity index (χ3v) is 4.16. The van der Waals surface area contributed by atoms with Gasteiger partial charge in [-0.05, 0) is 23.4 Å². The maximum atomic E-state index is 10.4. The van der Waals surface area contributed by atoms with Crippen LogP contribution in [0.25, 0.3) is 10.8 Å². The average Bonchev–Trinajstić information content (AvgIpc) is 2.53. The highest BCUT2D eigenvalue weighted by molar-refractivity contribution is 5.85. The molecule has 0 aliphatic carbocycles. The molecule has 1 heterocycles. The summed E-state index contributed by atoms with van der Waals surface area (Å²) < 4.78 is 0. The number of aliphatic hydroxyl groups excluding tert-OH is 1. The molecule has 1 N–H and O–H groups in total. The molecule has 0 saturated heterocycles. The van der Waals surface area contributed by atoms with Crippen LogP contribution in [0.4, 0.5) is 0 Å². The number of aromatic nitrogens is 1. The Morgan fingerprint density at radius 3 is 2.57 bits per heavy atom. The molecule has 0 saturated carbocycles. The molecule has 2 nitrogen and oxygen atoms in total. The van der Waals surface area contributed by atoms with Crippen molar-refractivity contribution in [2.45, 2.75) is 64.4 Å². The van der Waals surface area contributed by atoms with Crippen molar-refractivity contribution in [3.63, 3.8) is 0 Å². The summed E-state index contributed by atoms with van der Waals surface area (Å²) in [6.45, 7) is 2.25. The molecule has 0 aliphatic rings. The Morgan fingerprint density at radius 1 is 1.00 bits per heavy atom. The molecule has 1 atom stereocenters. The van der Waals surface area contributed by atoms with Crippen LogP contribution in [0.5, 0.6) is 0 Å². The summed E-state index contributed by atoms with van der Waals surface area (Å²) in [7, 11) is 0. The molecule has 0 fully saturated rings. The van der Waals surface area contributed by atoms with Gasteiger partial charge in [-0.2, -0.15) is 0 Å². The fraction of sp³-hybridized carbons (Fsp3) is 0.526. The molecule has 1 aromatic carbocycles. The van der Waals surface area contributed by atoms with Crippen molar-refractivity contribution in [3.05, 3.63) is 42.2 Å². The molecule has 2 aromatic rings. The number of hydrogen-bond donors (Lipinski definition) is 1. The van der Waals surface area contributed by atoms with Crippen molar-refractivity contribution in [2.24, 2.45) is 0 Å². The number of fused-ring (bicyclic) bond motifs is 1. The van der Waals surface area contributed by atoms with Crippen LogP contribution >= 0.6 is 0 Å². The Morgan fingerprint density at radius 2 is 1.76 bits per heavy atom. The Bertz CT molecular complexity index is 533. The smallest absolute Gasteiger partial charge is 0.0796 e. The van der Waals surface area contributed by atoms with Crippen LogP contribution < -0.4 is 0 Å². The number of nitrogens with zero attached hydrogens (tertiary/aromatic N) is 1. The first-order valence-electron chi connectivity index (χ1n) is 8.33. The number of aliphatic hydroxyl groups is 1. The molecule has 2 rings (SSSR count). The molecule has 0 bridgehead atoms. The van der Waals surface area contributed by atoms with Crippen LogP contribution in [-0.2, 0) is 0 Å². The van der Waals surface area contributed by atoms with Crippen molar-refractivity contribution in [3.8, 4) is 0 Å². The van der Waals surface area contributed by atoms with Gasteiger partial charge in [0.25, 0.3) is 0 Å². The molecule has 0 radical (unpaired) electrons. The monoisotopic (exact) mass is 285 g/mol. The van der Waals surface area contributed by atoms with Gasteiger partial charge in [-0.25, -0.2) is 0 Å². The first kappa shape index (κ1) is 16.0. The largest absolute Gasteiger partial charge is 0.388 e. The molecule has 0 spiro atoms. The highest BCUT2D eigenvalue weighted by Crippen LogP contribution is 2.27. The van der Waals surface area contributed by atoms with Gasteiger partial charge in [0, 0.05) is 17.8 Å². The van der Waals surface area contributed by atoms with E-state index in [1.54, 1.807) is 6.20 Å².